The quantitative estimate of drug-likeness (QED) is 0.380. The minimum absolute atomic E-state index is 0.0974. The summed E-state index contributed by atoms with van der Waals surface area (Å²) in [5.74, 6) is -1.43. The molecule has 0 aliphatic heterocycles. The molecule has 0 atom stereocenters. The third-order valence-electron chi connectivity index (χ3n) is 5.78. The minimum Gasteiger partial charge on any atom is -0.505 e. The molecule has 2 aromatic carbocycles. The summed E-state index contributed by atoms with van der Waals surface area (Å²) in [7, 11) is 0. The van der Waals surface area contributed by atoms with Gasteiger partial charge in [0, 0.05) is 28.9 Å². The Morgan fingerprint density at radius 1 is 1.03 bits per heavy atom. The Labute approximate surface area is 188 Å². The number of fused-ring (bicyclic) bond motifs is 2. The van der Waals surface area contributed by atoms with Gasteiger partial charge in [-0.15, -0.1) is 0 Å². The van der Waals surface area contributed by atoms with Gasteiger partial charge in [-0.25, -0.2) is 9.78 Å². The summed E-state index contributed by atoms with van der Waals surface area (Å²) in [6, 6.07) is 13.2. The molecule has 0 fully saturated rings. The first kappa shape index (κ1) is 23.3. The van der Waals surface area contributed by atoms with Crippen molar-refractivity contribution in [3.8, 4) is 5.75 Å². The highest BCUT2D eigenvalue weighted by molar-refractivity contribution is 6.05. The normalized spacial score (nSPS) is 11.0. The number of nitrogens with one attached hydrogen (secondary N) is 1. The number of para-hydroxylation sites is 1. The van der Waals surface area contributed by atoms with Gasteiger partial charge in [0.25, 0.3) is 0 Å². The molecular weight excluding hydrogens is 402 g/mol. The number of hydrogen-bond donors (Lipinski definition) is 3. The first-order valence-electron chi connectivity index (χ1n) is 11.0. The Morgan fingerprint density at radius 2 is 1.72 bits per heavy atom. The number of benzene rings is 2. The maximum absolute atomic E-state index is 11.7. The zero-order valence-corrected chi connectivity index (χ0v) is 19.1. The van der Waals surface area contributed by atoms with Gasteiger partial charge in [-0.3, -0.25) is 0 Å². The fraction of sp³-hybridized carbons (Fsp3) is 0.308. The van der Waals surface area contributed by atoms with Crippen LogP contribution in [0.4, 0.5) is 0 Å². The monoisotopic (exact) mass is 433 g/mol. The van der Waals surface area contributed by atoms with E-state index in [4.69, 9.17) is 0 Å². The topological polar surface area (TPSA) is 89.5 Å². The van der Waals surface area contributed by atoms with E-state index in [1.54, 1.807) is 6.07 Å². The molecule has 4 rings (SSSR count). The molecule has 0 amide bonds. The molecule has 2 heterocycles. The van der Waals surface area contributed by atoms with Crippen molar-refractivity contribution in [1.29, 1.82) is 0 Å². The van der Waals surface area contributed by atoms with Crippen LogP contribution in [-0.2, 0) is 6.42 Å². The maximum Gasteiger partial charge on any atom is 0.340 e. The summed E-state index contributed by atoms with van der Waals surface area (Å²) in [6.07, 6.45) is 2.21. The van der Waals surface area contributed by atoms with Gasteiger partial charge in [0.1, 0.15) is 5.56 Å². The fourth-order valence-electron chi connectivity index (χ4n) is 3.88. The van der Waals surface area contributed by atoms with E-state index in [1.807, 2.05) is 49.5 Å². The van der Waals surface area contributed by atoms with E-state index in [0.29, 0.717) is 23.0 Å². The lowest BCUT2D eigenvalue weighted by molar-refractivity contribution is 0.0695. The van der Waals surface area contributed by atoms with E-state index >= 15 is 0 Å². The molecule has 0 saturated carbocycles. The molecule has 0 spiro atoms. The predicted molar refractivity (Wildman–Crippen MR) is 130 cm³/mol. The number of H-pyrrole nitrogens is 1. The molecule has 2 aromatic heterocycles. The van der Waals surface area contributed by atoms with Crippen molar-refractivity contribution in [1.82, 2.24) is 14.9 Å². The van der Waals surface area contributed by atoms with Gasteiger partial charge in [-0.05, 0) is 49.8 Å². The molecule has 0 bridgehead atoms. The van der Waals surface area contributed by atoms with Gasteiger partial charge in [0.05, 0.1) is 11.2 Å². The molecule has 6 nitrogen and oxygen atoms in total. The van der Waals surface area contributed by atoms with E-state index in [2.05, 4.69) is 35.6 Å². The fourth-order valence-corrected chi connectivity index (χ4v) is 3.88. The summed E-state index contributed by atoms with van der Waals surface area (Å²) in [5.41, 5.74) is 3.78. The number of aromatic carboxylic acids is 1. The molecule has 168 valence electrons. The summed E-state index contributed by atoms with van der Waals surface area (Å²) in [4.78, 5) is 21.8. The number of nitrogens with zero attached hydrogens (tertiary/aromatic N) is 2. The van der Waals surface area contributed by atoms with E-state index < -0.39 is 5.97 Å². The number of carbonyl (C=O) groups is 1. The lowest BCUT2D eigenvalue weighted by atomic mass is 10.0. The number of aryl methyl sites for hydroxylation is 1. The maximum atomic E-state index is 11.7. The molecule has 6 heteroatoms. The van der Waals surface area contributed by atoms with Crippen molar-refractivity contribution in [3.63, 3.8) is 0 Å². The number of pyridine rings is 1. The summed E-state index contributed by atoms with van der Waals surface area (Å²) in [5, 5.41) is 21.6. The van der Waals surface area contributed by atoms with Crippen LogP contribution >= 0.6 is 0 Å². The number of carboxylic acids is 1. The standard InChI is InChI=1S/C20H16N2O3.C6H15N/c1-11-6-7-14-16(8-11)22-17(19(23)18(14)20(24)25)9-12-10-21-15-5-3-2-4-13(12)15;1-4-7(5-2)6-3/h2-8,10,21,23H,9H2,1H3,(H,24,25);4-6H2,1-3H3. The number of carboxylic acid groups (broad SMARTS) is 1. The van der Waals surface area contributed by atoms with Gasteiger partial charge >= 0.3 is 5.97 Å². The highest BCUT2D eigenvalue weighted by Crippen LogP contribution is 2.32. The second kappa shape index (κ2) is 10.3. The van der Waals surface area contributed by atoms with Crippen molar-refractivity contribution in [2.24, 2.45) is 0 Å². The highest BCUT2D eigenvalue weighted by Gasteiger charge is 2.20. The molecule has 4 aromatic rings. The third kappa shape index (κ3) is 4.92. The molecule has 0 saturated heterocycles. The molecule has 0 aliphatic rings. The second-order valence-electron chi connectivity index (χ2n) is 7.76. The zero-order valence-electron chi connectivity index (χ0n) is 19.1. The first-order chi connectivity index (χ1) is 15.4. The van der Waals surface area contributed by atoms with Crippen LogP contribution in [0.25, 0.3) is 21.8 Å². The van der Waals surface area contributed by atoms with Crippen LogP contribution in [0.1, 0.15) is 48.0 Å². The second-order valence-corrected chi connectivity index (χ2v) is 7.76. The molecule has 0 aliphatic carbocycles. The van der Waals surface area contributed by atoms with Crippen LogP contribution < -0.4 is 0 Å². The Kier molecular flexibility index (Phi) is 7.49. The van der Waals surface area contributed by atoms with Crippen molar-refractivity contribution in [2.75, 3.05) is 19.6 Å². The summed E-state index contributed by atoms with van der Waals surface area (Å²) in [6.45, 7) is 12.0. The van der Waals surface area contributed by atoms with Crippen LogP contribution in [0.3, 0.4) is 0 Å². The van der Waals surface area contributed by atoms with Gasteiger partial charge in [-0.1, -0.05) is 51.1 Å². The number of rotatable bonds is 6. The van der Waals surface area contributed by atoms with Crippen LogP contribution in [0, 0.1) is 6.92 Å². The first-order valence-corrected chi connectivity index (χ1v) is 11.0. The number of aromatic amines is 1. The van der Waals surface area contributed by atoms with E-state index in [0.717, 1.165) is 22.0 Å². The lowest BCUT2D eigenvalue weighted by Crippen LogP contribution is -2.21. The average molecular weight is 434 g/mol. The Balaban J connectivity index is 0.000000360. The number of aromatic nitrogens is 2. The van der Waals surface area contributed by atoms with Crippen molar-refractivity contribution >= 4 is 27.8 Å². The predicted octanol–water partition coefficient (Wildman–Crippen LogP) is 5.37. The number of hydrogen-bond acceptors (Lipinski definition) is 4. The minimum atomic E-state index is -1.16. The Bertz CT molecular complexity index is 1220. The van der Waals surface area contributed by atoms with E-state index in [1.165, 1.54) is 19.6 Å². The van der Waals surface area contributed by atoms with Crippen molar-refractivity contribution in [3.05, 3.63) is 71.0 Å². The third-order valence-corrected chi connectivity index (χ3v) is 5.78. The smallest absolute Gasteiger partial charge is 0.340 e. The van der Waals surface area contributed by atoms with E-state index in [-0.39, 0.29) is 11.3 Å². The Hall–Kier alpha value is -3.38. The van der Waals surface area contributed by atoms with Crippen LogP contribution in [0.2, 0.25) is 0 Å². The van der Waals surface area contributed by atoms with Crippen molar-refractivity contribution < 1.29 is 15.0 Å². The SMILES string of the molecule is CCN(CC)CC.Cc1ccc2c(C(=O)O)c(O)c(Cc3c[nH]c4ccccc34)nc2c1. The Morgan fingerprint density at radius 3 is 2.34 bits per heavy atom. The molecule has 0 radical (unpaired) electrons. The van der Waals surface area contributed by atoms with Gasteiger partial charge in [0.15, 0.2) is 5.75 Å². The molecular formula is C26H31N3O3. The van der Waals surface area contributed by atoms with Crippen molar-refractivity contribution in [2.45, 2.75) is 34.1 Å². The van der Waals surface area contributed by atoms with Crippen LogP contribution in [0.15, 0.2) is 48.7 Å². The van der Waals surface area contributed by atoms with Crippen LogP contribution in [-0.4, -0.2) is 50.7 Å². The largest absolute Gasteiger partial charge is 0.505 e. The summed E-state index contributed by atoms with van der Waals surface area (Å²) < 4.78 is 0. The van der Waals surface area contributed by atoms with Crippen LogP contribution in [0.5, 0.6) is 5.75 Å². The zero-order chi connectivity index (χ0) is 23.3. The molecule has 0 unspecified atom stereocenters. The van der Waals surface area contributed by atoms with Gasteiger partial charge in [0.2, 0.25) is 0 Å². The molecule has 3 N–H and O–H groups in total. The lowest BCUT2D eigenvalue weighted by Gasteiger charge is -2.13. The summed E-state index contributed by atoms with van der Waals surface area (Å²) >= 11 is 0. The molecule has 32 heavy (non-hydrogen) atoms. The van der Waals surface area contributed by atoms with Gasteiger partial charge in [-0.2, -0.15) is 0 Å². The number of aromatic hydroxyl groups is 1. The van der Waals surface area contributed by atoms with Gasteiger partial charge < -0.3 is 20.1 Å². The highest BCUT2D eigenvalue weighted by atomic mass is 16.4. The van der Waals surface area contributed by atoms with E-state index in [9.17, 15) is 15.0 Å². The average Bonchev–Trinajstić information content (AvgIpc) is 3.19.